The molecule has 0 spiro atoms. The normalized spacial score (nSPS) is 10.6. The number of aromatic carboxylic acids is 1. The monoisotopic (exact) mass is 224 g/mol. The van der Waals surface area contributed by atoms with Crippen molar-refractivity contribution in [3.05, 3.63) is 71.3 Å². The van der Waals surface area contributed by atoms with E-state index in [0.29, 0.717) is 11.1 Å². The van der Waals surface area contributed by atoms with Gasteiger partial charge in [-0.15, -0.1) is 0 Å². The van der Waals surface area contributed by atoms with Crippen molar-refractivity contribution in [1.29, 1.82) is 0 Å². The summed E-state index contributed by atoms with van der Waals surface area (Å²) < 4.78 is 0. The minimum atomic E-state index is -0.904. The fraction of sp³-hybridized carbons (Fsp3) is 0. The van der Waals surface area contributed by atoms with Crippen LogP contribution in [0, 0.1) is 0 Å². The number of carboxylic acid groups (broad SMARTS) is 1. The summed E-state index contributed by atoms with van der Waals surface area (Å²) in [6.07, 6.45) is 3.72. The molecule has 1 N–H and O–H groups in total. The fourth-order valence-electron chi connectivity index (χ4n) is 1.59. The summed E-state index contributed by atoms with van der Waals surface area (Å²) in [5.74, 6) is -0.904. The zero-order chi connectivity index (χ0) is 12.1. The van der Waals surface area contributed by atoms with Gasteiger partial charge >= 0.3 is 5.97 Å². The molecular formula is C15H12O2. The van der Waals surface area contributed by atoms with Crippen molar-refractivity contribution in [2.75, 3.05) is 0 Å². The van der Waals surface area contributed by atoms with E-state index in [4.69, 9.17) is 5.11 Å². The molecule has 0 heterocycles. The summed E-state index contributed by atoms with van der Waals surface area (Å²) in [4.78, 5) is 11.0. The second-order valence-electron chi connectivity index (χ2n) is 3.64. The SMILES string of the molecule is O=C(O)c1ccccc1/C=C\c1ccccc1. The fourth-order valence-corrected chi connectivity index (χ4v) is 1.59. The highest BCUT2D eigenvalue weighted by Gasteiger charge is 2.05. The lowest BCUT2D eigenvalue weighted by Gasteiger charge is -1.99. The topological polar surface area (TPSA) is 37.3 Å². The van der Waals surface area contributed by atoms with E-state index in [-0.39, 0.29) is 0 Å². The predicted molar refractivity (Wildman–Crippen MR) is 68.8 cm³/mol. The molecular weight excluding hydrogens is 212 g/mol. The van der Waals surface area contributed by atoms with Gasteiger partial charge in [0.15, 0.2) is 0 Å². The molecule has 2 rings (SSSR count). The molecule has 0 radical (unpaired) electrons. The summed E-state index contributed by atoms with van der Waals surface area (Å²) in [6, 6.07) is 16.7. The molecule has 0 atom stereocenters. The molecule has 0 fully saturated rings. The maximum absolute atomic E-state index is 11.0. The number of carboxylic acids is 1. The van der Waals surface area contributed by atoms with Gasteiger partial charge in [0.2, 0.25) is 0 Å². The van der Waals surface area contributed by atoms with E-state index >= 15 is 0 Å². The van der Waals surface area contributed by atoms with Crippen molar-refractivity contribution in [3.8, 4) is 0 Å². The molecule has 0 aliphatic carbocycles. The summed E-state index contributed by atoms with van der Waals surface area (Å²) in [6.45, 7) is 0. The van der Waals surface area contributed by atoms with Gasteiger partial charge in [-0.05, 0) is 17.2 Å². The number of hydrogen-bond donors (Lipinski definition) is 1. The van der Waals surface area contributed by atoms with Gasteiger partial charge in [0.05, 0.1) is 5.56 Å². The van der Waals surface area contributed by atoms with Gasteiger partial charge < -0.3 is 5.11 Å². The number of carbonyl (C=O) groups is 1. The van der Waals surface area contributed by atoms with Crippen LogP contribution in [0.4, 0.5) is 0 Å². The van der Waals surface area contributed by atoms with Crippen molar-refractivity contribution < 1.29 is 9.90 Å². The van der Waals surface area contributed by atoms with Gasteiger partial charge in [0.1, 0.15) is 0 Å². The maximum Gasteiger partial charge on any atom is 0.336 e. The Kier molecular flexibility index (Phi) is 3.36. The molecule has 2 nitrogen and oxygen atoms in total. The second-order valence-corrected chi connectivity index (χ2v) is 3.64. The average molecular weight is 224 g/mol. The molecule has 17 heavy (non-hydrogen) atoms. The minimum Gasteiger partial charge on any atom is -0.478 e. The van der Waals surface area contributed by atoms with Crippen LogP contribution >= 0.6 is 0 Å². The molecule has 0 aromatic heterocycles. The molecule has 84 valence electrons. The summed E-state index contributed by atoms with van der Waals surface area (Å²) in [5, 5.41) is 9.03. The van der Waals surface area contributed by atoms with E-state index in [1.165, 1.54) is 0 Å². The Morgan fingerprint density at radius 3 is 2.24 bits per heavy atom. The van der Waals surface area contributed by atoms with E-state index in [2.05, 4.69) is 0 Å². The van der Waals surface area contributed by atoms with Crippen LogP contribution in [0.25, 0.3) is 12.2 Å². The Hall–Kier alpha value is -2.35. The molecule has 2 aromatic rings. The Morgan fingerprint density at radius 1 is 0.882 bits per heavy atom. The first kappa shape index (κ1) is 11.1. The van der Waals surface area contributed by atoms with Gasteiger partial charge in [-0.3, -0.25) is 0 Å². The molecule has 0 bridgehead atoms. The predicted octanol–water partition coefficient (Wildman–Crippen LogP) is 3.56. The first-order chi connectivity index (χ1) is 8.27. The van der Waals surface area contributed by atoms with Crippen LogP contribution in [-0.2, 0) is 0 Å². The van der Waals surface area contributed by atoms with Gasteiger partial charge in [0.25, 0.3) is 0 Å². The molecule has 0 aliphatic heterocycles. The van der Waals surface area contributed by atoms with Gasteiger partial charge in [0, 0.05) is 0 Å². The van der Waals surface area contributed by atoms with E-state index in [1.807, 2.05) is 48.6 Å². The van der Waals surface area contributed by atoms with Gasteiger partial charge in [-0.25, -0.2) is 4.79 Å². The van der Waals surface area contributed by atoms with E-state index in [1.54, 1.807) is 18.2 Å². The quantitative estimate of drug-likeness (QED) is 0.809. The van der Waals surface area contributed by atoms with Crippen molar-refractivity contribution in [2.24, 2.45) is 0 Å². The first-order valence-electron chi connectivity index (χ1n) is 5.33. The van der Waals surface area contributed by atoms with Crippen LogP contribution in [0.1, 0.15) is 21.5 Å². The standard InChI is InChI=1S/C15H12O2/c16-15(17)14-9-5-4-8-13(14)11-10-12-6-2-1-3-7-12/h1-11H,(H,16,17)/b11-10-. The van der Waals surface area contributed by atoms with Crippen molar-refractivity contribution in [2.45, 2.75) is 0 Å². The summed E-state index contributed by atoms with van der Waals surface area (Å²) >= 11 is 0. The Labute approximate surface area is 99.8 Å². The number of benzene rings is 2. The second kappa shape index (κ2) is 5.12. The average Bonchev–Trinajstić information content (AvgIpc) is 2.38. The Morgan fingerprint density at radius 2 is 1.53 bits per heavy atom. The lowest BCUT2D eigenvalue weighted by Crippen LogP contribution is -1.98. The van der Waals surface area contributed by atoms with Gasteiger partial charge in [-0.2, -0.15) is 0 Å². The van der Waals surface area contributed by atoms with E-state index < -0.39 is 5.97 Å². The third kappa shape index (κ3) is 2.82. The van der Waals surface area contributed by atoms with Crippen LogP contribution in [0.5, 0.6) is 0 Å². The molecule has 0 amide bonds. The van der Waals surface area contributed by atoms with Crippen LogP contribution in [0.2, 0.25) is 0 Å². The Bertz CT molecular complexity index is 542. The molecule has 0 aliphatic rings. The largest absolute Gasteiger partial charge is 0.478 e. The first-order valence-corrected chi connectivity index (χ1v) is 5.33. The van der Waals surface area contributed by atoms with Gasteiger partial charge in [-0.1, -0.05) is 60.7 Å². The maximum atomic E-state index is 11.0. The highest BCUT2D eigenvalue weighted by atomic mass is 16.4. The highest BCUT2D eigenvalue weighted by molar-refractivity contribution is 5.93. The van der Waals surface area contributed by atoms with Crippen molar-refractivity contribution in [3.63, 3.8) is 0 Å². The third-order valence-electron chi connectivity index (χ3n) is 2.45. The summed E-state index contributed by atoms with van der Waals surface area (Å²) in [7, 11) is 0. The molecule has 0 saturated carbocycles. The van der Waals surface area contributed by atoms with Crippen LogP contribution in [0.3, 0.4) is 0 Å². The lowest BCUT2D eigenvalue weighted by molar-refractivity contribution is 0.0696. The summed E-state index contributed by atoms with van der Waals surface area (Å²) in [5.41, 5.74) is 2.08. The minimum absolute atomic E-state index is 0.319. The number of hydrogen-bond acceptors (Lipinski definition) is 1. The zero-order valence-electron chi connectivity index (χ0n) is 9.21. The van der Waals surface area contributed by atoms with E-state index in [0.717, 1.165) is 5.56 Å². The molecule has 0 unspecified atom stereocenters. The molecule has 2 aromatic carbocycles. The molecule has 2 heteroatoms. The van der Waals surface area contributed by atoms with Crippen LogP contribution in [0.15, 0.2) is 54.6 Å². The smallest absolute Gasteiger partial charge is 0.336 e. The van der Waals surface area contributed by atoms with E-state index in [9.17, 15) is 4.79 Å². The van der Waals surface area contributed by atoms with Crippen LogP contribution in [-0.4, -0.2) is 11.1 Å². The van der Waals surface area contributed by atoms with Crippen molar-refractivity contribution in [1.82, 2.24) is 0 Å². The molecule has 0 saturated heterocycles. The van der Waals surface area contributed by atoms with Crippen molar-refractivity contribution >= 4 is 18.1 Å². The van der Waals surface area contributed by atoms with Crippen LogP contribution < -0.4 is 0 Å². The zero-order valence-corrected chi connectivity index (χ0v) is 9.21. The lowest BCUT2D eigenvalue weighted by atomic mass is 10.1. The number of rotatable bonds is 3. The third-order valence-corrected chi connectivity index (χ3v) is 2.45. The highest BCUT2D eigenvalue weighted by Crippen LogP contribution is 2.13. The Balaban J connectivity index is 2.30.